The van der Waals surface area contributed by atoms with Crippen molar-refractivity contribution in [3.63, 3.8) is 0 Å². The molecule has 9 nitrogen and oxygen atoms in total. The second-order valence-corrected chi connectivity index (χ2v) is 6.15. The maximum atomic E-state index is 12.4. The summed E-state index contributed by atoms with van der Waals surface area (Å²) in [6.07, 6.45) is 1.32. The van der Waals surface area contributed by atoms with E-state index in [1.807, 2.05) is 19.1 Å². The number of non-ortho nitro benzene ring substituents is 1. The fourth-order valence-electron chi connectivity index (χ4n) is 2.59. The van der Waals surface area contributed by atoms with Crippen molar-refractivity contribution in [2.24, 2.45) is 0 Å². The number of carbonyl (C=O) groups is 3. The Morgan fingerprint density at radius 1 is 1.21 bits per heavy atom. The van der Waals surface area contributed by atoms with Gasteiger partial charge in [0.1, 0.15) is 12.2 Å². The average molecular weight is 380 g/mol. The molecular weight excluding hydrogens is 364 g/mol. The molecular formula is C19H16N4O5. The average Bonchev–Trinajstić information content (AvgIpc) is 2.91. The zero-order valence-electron chi connectivity index (χ0n) is 14.8. The van der Waals surface area contributed by atoms with Gasteiger partial charge in [0, 0.05) is 17.8 Å². The first-order valence-corrected chi connectivity index (χ1v) is 8.29. The molecule has 0 aliphatic carbocycles. The van der Waals surface area contributed by atoms with Crippen LogP contribution in [-0.2, 0) is 9.59 Å². The number of amides is 4. The van der Waals surface area contributed by atoms with Gasteiger partial charge in [-0.2, -0.15) is 0 Å². The highest BCUT2D eigenvalue weighted by Crippen LogP contribution is 2.18. The van der Waals surface area contributed by atoms with Gasteiger partial charge in [-0.3, -0.25) is 19.7 Å². The molecule has 0 aromatic heterocycles. The van der Waals surface area contributed by atoms with Gasteiger partial charge in [-0.25, -0.2) is 9.69 Å². The number of nitrogens with one attached hydrogen (secondary N) is 2. The van der Waals surface area contributed by atoms with Crippen molar-refractivity contribution < 1.29 is 19.3 Å². The van der Waals surface area contributed by atoms with E-state index >= 15 is 0 Å². The van der Waals surface area contributed by atoms with Gasteiger partial charge in [0.2, 0.25) is 5.91 Å². The lowest BCUT2D eigenvalue weighted by atomic mass is 10.1. The van der Waals surface area contributed by atoms with Crippen molar-refractivity contribution in [3.05, 3.63) is 75.5 Å². The van der Waals surface area contributed by atoms with Crippen molar-refractivity contribution >= 4 is 35.3 Å². The van der Waals surface area contributed by atoms with Crippen molar-refractivity contribution in [3.8, 4) is 0 Å². The number of nitrogens with zero attached hydrogens (tertiary/aromatic N) is 2. The lowest BCUT2D eigenvalue weighted by Gasteiger charge is -2.12. The molecule has 2 N–H and O–H groups in total. The first-order valence-electron chi connectivity index (χ1n) is 8.29. The smallest absolute Gasteiger partial charge is 0.325 e. The monoisotopic (exact) mass is 380 g/mol. The molecule has 2 aromatic rings. The molecule has 0 spiro atoms. The molecule has 2 aromatic carbocycles. The summed E-state index contributed by atoms with van der Waals surface area (Å²) < 4.78 is 0. The summed E-state index contributed by atoms with van der Waals surface area (Å²) in [5, 5.41) is 15.8. The summed E-state index contributed by atoms with van der Waals surface area (Å²) >= 11 is 0. The maximum Gasteiger partial charge on any atom is 0.329 e. The predicted molar refractivity (Wildman–Crippen MR) is 101 cm³/mol. The van der Waals surface area contributed by atoms with Gasteiger partial charge in [0.15, 0.2) is 0 Å². The Kier molecular flexibility index (Phi) is 5.16. The van der Waals surface area contributed by atoms with Crippen LogP contribution >= 0.6 is 0 Å². The van der Waals surface area contributed by atoms with E-state index in [4.69, 9.17) is 0 Å². The molecule has 0 atom stereocenters. The number of urea groups is 1. The van der Waals surface area contributed by atoms with E-state index in [-0.39, 0.29) is 11.4 Å². The van der Waals surface area contributed by atoms with Crippen LogP contribution in [0, 0.1) is 17.0 Å². The van der Waals surface area contributed by atoms with Crippen LogP contribution in [0.1, 0.15) is 11.1 Å². The first-order chi connectivity index (χ1) is 13.3. The zero-order valence-corrected chi connectivity index (χ0v) is 14.8. The second kappa shape index (κ2) is 7.70. The van der Waals surface area contributed by atoms with E-state index in [0.717, 1.165) is 10.5 Å². The molecule has 4 amide bonds. The normalized spacial score (nSPS) is 14.9. The summed E-state index contributed by atoms with van der Waals surface area (Å²) in [5.74, 6) is -1.21. The van der Waals surface area contributed by atoms with Gasteiger partial charge in [-0.1, -0.05) is 29.8 Å². The highest BCUT2D eigenvalue weighted by Gasteiger charge is 2.34. The number of benzene rings is 2. The van der Waals surface area contributed by atoms with Crippen LogP contribution in [0.3, 0.4) is 0 Å². The summed E-state index contributed by atoms with van der Waals surface area (Å²) in [7, 11) is 0. The van der Waals surface area contributed by atoms with E-state index in [1.165, 1.54) is 24.3 Å². The third-order valence-electron chi connectivity index (χ3n) is 3.99. The Balaban J connectivity index is 1.71. The number of nitro benzene ring substituents is 1. The molecule has 0 unspecified atom stereocenters. The summed E-state index contributed by atoms with van der Waals surface area (Å²) in [4.78, 5) is 47.7. The number of nitro groups is 1. The van der Waals surface area contributed by atoms with Crippen molar-refractivity contribution in [2.45, 2.75) is 6.92 Å². The third kappa shape index (κ3) is 4.21. The molecule has 1 heterocycles. The van der Waals surface area contributed by atoms with Crippen LogP contribution in [0.4, 0.5) is 16.2 Å². The van der Waals surface area contributed by atoms with E-state index in [0.29, 0.717) is 11.3 Å². The quantitative estimate of drug-likeness (QED) is 0.357. The van der Waals surface area contributed by atoms with Crippen LogP contribution in [-0.4, -0.2) is 34.2 Å². The van der Waals surface area contributed by atoms with E-state index in [1.54, 1.807) is 18.2 Å². The molecule has 3 rings (SSSR count). The van der Waals surface area contributed by atoms with Crippen molar-refractivity contribution in [2.75, 3.05) is 11.9 Å². The number of hydrogen-bond acceptors (Lipinski definition) is 5. The molecule has 1 fully saturated rings. The molecule has 1 saturated heterocycles. The summed E-state index contributed by atoms with van der Waals surface area (Å²) in [6, 6.07) is 12.0. The number of hydrogen-bond donors (Lipinski definition) is 2. The van der Waals surface area contributed by atoms with Crippen LogP contribution in [0.25, 0.3) is 6.08 Å². The molecule has 1 aliphatic rings. The minimum absolute atomic E-state index is 0.0615. The van der Waals surface area contributed by atoms with Crippen LogP contribution in [0.15, 0.2) is 54.2 Å². The summed E-state index contributed by atoms with van der Waals surface area (Å²) in [6.45, 7) is 1.46. The van der Waals surface area contributed by atoms with Crippen LogP contribution in [0.5, 0.6) is 0 Å². The highest BCUT2D eigenvalue weighted by atomic mass is 16.6. The minimum Gasteiger partial charge on any atom is -0.325 e. The van der Waals surface area contributed by atoms with E-state index in [2.05, 4.69) is 10.6 Å². The molecule has 0 bridgehead atoms. The first kappa shape index (κ1) is 18.8. The second-order valence-electron chi connectivity index (χ2n) is 6.15. The van der Waals surface area contributed by atoms with Crippen LogP contribution < -0.4 is 10.6 Å². The van der Waals surface area contributed by atoms with E-state index < -0.39 is 29.3 Å². The Morgan fingerprint density at radius 2 is 1.93 bits per heavy atom. The highest BCUT2D eigenvalue weighted by molar-refractivity contribution is 6.15. The van der Waals surface area contributed by atoms with Gasteiger partial charge >= 0.3 is 6.03 Å². The zero-order chi connectivity index (χ0) is 20.3. The fourth-order valence-corrected chi connectivity index (χ4v) is 2.59. The van der Waals surface area contributed by atoms with Gasteiger partial charge in [0.05, 0.1) is 4.92 Å². The number of aryl methyl sites for hydroxylation is 1. The number of anilines is 1. The third-order valence-corrected chi connectivity index (χ3v) is 3.99. The van der Waals surface area contributed by atoms with Crippen molar-refractivity contribution in [1.29, 1.82) is 0 Å². The lowest BCUT2D eigenvalue weighted by molar-refractivity contribution is -0.384. The largest absolute Gasteiger partial charge is 0.329 e. The van der Waals surface area contributed by atoms with Gasteiger partial charge in [0.25, 0.3) is 11.6 Å². The number of carbonyl (C=O) groups excluding carboxylic acids is 3. The lowest BCUT2D eigenvalue weighted by Crippen LogP contribution is -2.38. The van der Waals surface area contributed by atoms with Crippen LogP contribution in [0.2, 0.25) is 0 Å². The Labute approximate surface area is 159 Å². The molecule has 0 radical (unpaired) electrons. The molecule has 142 valence electrons. The van der Waals surface area contributed by atoms with E-state index in [9.17, 15) is 24.5 Å². The Bertz CT molecular complexity index is 998. The van der Waals surface area contributed by atoms with Gasteiger partial charge in [-0.05, 0) is 30.7 Å². The predicted octanol–water partition coefficient (Wildman–Crippen LogP) is 2.43. The summed E-state index contributed by atoms with van der Waals surface area (Å²) in [5.41, 5.74) is 1.76. The standard InChI is InChI=1S/C19H16N4O5/c1-12-5-7-14(8-6-12)20-17(24)11-22-18(25)16(21-19(22)26)10-13-3-2-4-15(9-13)23(27)28/h2-10H,11H2,1H3,(H,20,24)(H,21,26)/b16-10-. The van der Waals surface area contributed by atoms with Gasteiger partial charge < -0.3 is 10.6 Å². The SMILES string of the molecule is Cc1ccc(NC(=O)CN2C(=O)N/C(=C\c3cccc([N+](=O)[O-])c3)C2=O)cc1. The Morgan fingerprint density at radius 3 is 2.61 bits per heavy atom. The molecule has 9 heteroatoms. The maximum absolute atomic E-state index is 12.4. The van der Waals surface area contributed by atoms with Gasteiger partial charge in [-0.15, -0.1) is 0 Å². The van der Waals surface area contributed by atoms with Crippen molar-refractivity contribution in [1.82, 2.24) is 10.2 Å². The number of rotatable bonds is 5. The fraction of sp³-hybridized carbons (Fsp3) is 0.105. The number of imide groups is 1. The minimum atomic E-state index is -0.735. The molecule has 28 heavy (non-hydrogen) atoms. The topological polar surface area (TPSA) is 122 Å². The Hall–Kier alpha value is -4.01. The molecule has 1 aliphatic heterocycles. The molecule has 0 saturated carbocycles.